The van der Waals surface area contributed by atoms with Gasteiger partial charge < -0.3 is 10.6 Å². The summed E-state index contributed by atoms with van der Waals surface area (Å²) in [5, 5.41) is 1.21. The molecule has 1 aromatic carbocycles. The molecule has 2 aromatic rings. The third kappa shape index (κ3) is 3.41. The summed E-state index contributed by atoms with van der Waals surface area (Å²) in [6, 6.07) is 8.89. The summed E-state index contributed by atoms with van der Waals surface area (Å²) in [5.74, 6) is 1.09. The number of fused-ring (bicyclic) bond motifs is 1. The number of pyridine rings is 1. The summed E-state index contributed by atoms with van der Waals surface area (Å²) in [5.41, 5.74) is 9.63. The summed E-state index contributed by atoms with van der Waals surface area (Å²) >= 11 is 0. The van der Waals surface area contributed by atoms with Crippen molar-refractivity contribution < 1.29 is 0 Å². The highest BCUT2D eigenvalue weighted by atomic mass is 15.2. The standard InChI is InChI=1S/C19H29N3/c1-6-22(7-2)18-14(10-11-20)12-15-13-16(19(3,4)5)8-9-17(15)21-18/h8-9,12-13H,6-7,10-11,20H2,1-5H3. The first-order chi connectivity index (χ1) is 10.4. The largest absolute Gasteiger partial charge is 0.357 e. The van der Waals surface area contributed by atoms with Crippen LogP contribution in [-0.4, -0.2) is 24.6 Å². The summed E-state index contributed by atoms with van der Waals surface area (Å²) < 4.78 is 0. The number of aromatic nitrogens is 1. The minimum Gasteiger partial charge on any atom is -0.357 e. The molecule has 22 heavy (non-hydrogen) atoms. The highest BCUT2D eigenvalue weighted by Crippen LogP contribution is 2.29. The van der Waals surface area contributed by atoms with Crippen molar-refractivity contribution in [2.24, 2.45) is 5.73 Å². The van der Waals surface area contributed by atoms with Gasteiger partial charge in [-0.25, -0.2) is 4.98 Å². The van der Waals surface area contributed by atoms with Crippen LogP contribution in [0, 0.1) is 0 Å². The molecule has 3 heteroatoms. The van der Waals surface area contributed by atoms with E-state index in [2.05, 4.69) is 63.8 Å². The number of hydrogen-bond donors (Lipinski definition) is 1. The Morgan fingerprint density at radius 3 is 2.32 bits per heavy atom. The maximum absolute atomic E-state index is 5.81. The minimum atomic E-state index is 0.153. The van der Waals surface area contributed by atoms with E-state index >= 15 is 0 Å². The van der Waals surface area contributed by atoms with Gasteiger partial charge in [0.25, 0.3) is 0 Å². The zero-order chi connectivity index (χ0) is 16.3. The van der Waals surface area contributed by atoms with Crippen molar-refractivity contribution in [3.05, 3.63) is 35.4 Å². The van der Waals surface area contributed by atoms with E-state index in [-0.39, 0.29) is 5.41 Å². The van der Waals surface area contributed by atoms with Gasteiger partial charge in [0.2, 0.25) is 0 Å². The lowest BCUT2D eigenvalue weighted by Gasteiger charge is -2.24. The van der Waals surface area contributed by atoms with E-state index in [1.807, 2.05) is 0 Å². The molecule has 0 aliphatic carbocycles. The lowest BCUT2D eigenvalue weighted by atomic mass is 9.86. The molecular formula is C19H29N3. The molecule has 2 N–H and O–H groups in total. The van der Waals surface area contributed by atoms with E-state index < -0.39 is 0 Å². The van der Waals surface area contributed by atoms with Crippen molar-refractivity contribution in [1.82, 2.24) is 4.98 Å². The van der Waals surface area contributed by atoms with Crippen LogP contribution in [0.15, 0.2) is 24.3 Å². The molecule has 0 saturated heterocycles. The van der Waals surface area contributed by atoms with Crippen molar-refractivity contribution in [2.75, 3.05) is 24.5 Å². The molecule has 120 valence electrons. The Balaban J connectivity index is 2.60. The fraction of sp³-hybridized carbons (Fsp3) is 0.526. The average Bonchev–Trinajstić information content (AvgIpc) is 2.47. The van der Waals surface area contributed by atoms with Gasteiger partial charge in [0, 0.05) is 18.5 Å². The second kappa shape index (κ2) is 6.66. The summed E-state index contributed by atoms with van der Waals surface area (Å²) in [6.45, 7) is 13.7. The summed E-state index contributed by atoms with van der Waals surface area (Å²) in [6.07, 6.45) is 0.870. The lowest BCUT2D eigenvalue weighted by Crippen LogP contribution is -2.25. The molecule has 0 spiro atoms. The molecule has 0 atom stereocenters. The molecule has 0 aliphatic heterocycles. The molecule has 2 rings (SSSR count). The van der Waals surface area contributed by atoms with Gasteiger partial charge in [-0.05, 0) is 61.6 Å². The maximum atomic E-state index is 5.81. The molecule has 0 unspecified atom stereocenters. The fourth-order valence-electron chi connectivity index (χ4n) is 2.81. The lowest BCUT2D eigenvalue weighted by molar-refractivity contribution is 0.591. The van der Waals surface area contributed by atoms with Crippen molar-refractivity contribution >= 4 is 16.7 Å². The Morgan fingerprint density at radius 1 is 1.09 bits per heavy atom. The van der Waals surface area contributed by atoms with Gasteiger partial charge in [0.05, 0.1) is 5.52 Å². The zero-order valence-electron chi connectivity index (χ0n) is 14.6. The summed E-state index contributed by atoms with van der Waals surface area (Å²) in [4.78, 5) is 7.24. The molecule has 1 aromatic heterocycles. The second-order valence-corrected chi connectivity index (χ2v) is 6.84. The fourth-order valence-corrected chi connectivity index (χ4v) is 2.81. The van der Waals surface area contributed by atoms with Gasteiger partial charge in [0.15, 0.2) is 0 Å². The number of nitrogens with two attached hydrogens (primary N) is 1. The van der Waals surface area contributed by atoms with Gasteiger partial charge in [-0.15, -0.1) is 0 Å². The Kier molecular flexibility index (Phi) is 5.07. The molecule has 0 amide bonds. The Labute approximate surface area is 134 Å². The Bertz CT molecular complexity index is 637. The summed E-state index contributed by atoms with van der Waals surface area (Å²) in [7, 11) is 0. The van der Waals surface area contributed by atoms with Crippen LogP contribution >= 0.6 is 0 Å². The molecule has 0 bridgehead atoms. The quantitative estimate of drug-likeness (QED) is 0.911. The molecule has 3 nitrogen and oxygen atoms in total. The molecule has 0 radical (unpaired) electrons. The molecular weight excluding hydrogens is 270 g/mol. The SMILES string of the molecule is CCN(CC)c1nc2ccc(C(C)(C)C)cc2cc1CCN. The first kappa shape index (κ1) is 16.8. The maximum Gasteiger partial charge on any atom is 0.132 e. The number of anilines is 1. The molecule has 0 fully saturated rings. The normalized spacial score (nSPS) is 11.9. The number of benzene rings is 1. The highest BCUT2D eigenvalue weighted by molar-refractivity contribution is 5.83. The Hall–Kier alpha value is -1.61. The van der Waals surface area contributed by atoms with Crippen LogP contribution in [-0.2, 0) is 11.8 Å². The first-order valence-electron chi connectivity index (χ1n) is 8.29. The van der Waals surface area contributed by atoms with E-state index in [1.54, 1.807) is 0 Å². The van der Waals surface area contributed by atoms with Crippen molar-refractivity contribution in [3.8, 4) is 0 Å². The van der Waals surface area contributed by atoms with E-state index in [0.717, 1.165) is 30.8 Å². The molecule has 0 aliphatic rings. The third-order valence-electron chi connectivity index (χ3n) is 4.21. The van der Waals surface area contributed by atoms with Gasteiger partial charge in [0.1, 0.15) is 5.82 Å². The van der Waals surface area contributed by atoms with E-state index in [0.29, 0.717) is 6.54 Å². The van der Waals surface area contributed by atoms with Crippen molar-refractivity contribution in [1.29, 1.82) is 0 Å². The first-order valence-corrected chi connectivity index (χ1v) is 8.29. The van der Waals surface area contributed by atoms with Gasteiger partial charge >= 0.3 is 0 Å². The third-order valence-corrected chi connectivity index (χ3v) is 4.21. The van der Waals surface area contributed by atoms with Crippen molar-refractivity contribution in [3.63, 3.8) is 0 Å². The van der Waals surface area contributed by atoms with Crippen LogP contribution in [0.1, 0.15) is 45.7 Å². The predicted octanol–water partition coefficient (Wildman–Crippen LogP) is 3.88. The van der Waals surface area contributed by atoms with Gasteiger partial charge in [-0.3, -0.25) is 0 Å². The topological polar surface area (TPSA) is 42.2 Å². The number of nitrogens with zero attached hydrogens (tertiary/aromatic N) is 2. The Morgan fingerprint density at radius 2 is 1.77 bits per heavy atom. The van der Waals surface area contributed by atoms with Crippen LogP contribution in [0.5, 0.6) is 0 Å². The van der Waals surface area contributed by atoms with E-state index in [9.17, 15) is 0 Å². The zero-order valence-corrected chi connectivity index (χ0v) is 14.6. The van der Waals surface area contributed by atoms with Crippen LogP contribution in [0.2, 0.25) is 0 Å². The van der Waals surface area contributed by atoms with E-state index in [4.69, 9.17) is 10.7 Å². The minimum absolute atomic E-state index is 0.153. The predicted molar refractivity (Wildman–Crippen MR) is 96.8 cm³/mol. The van der Waals surface area contributed by atoms with Crippen LogP contribution in [0.3, 0.4) is 0 Å². The van der Waals surface area contributed by atoms with Crippen LogP contribution in [0.25, 0.3) is 10.9 Å². The van der Waals surface area contributed by atoms with Crippen molar-refractivity contribution in [2.45, 2.75) is 46.5 Å². The average molecular weight is 299 g/mol. The van der Waals surface area contributed by atoms with Gasteiger partial charge in [-0.1, -0.05) is 26.8 Å². The smallest absolute Gasteiger partial charge is 0.132 e. The monoisotopic (exact) mass is 299 g/mol. The van der Waals surface area contributed by atoms with Gasteiger partial charge in [-0.2, -0.15) is 0 Å². The van der Waals surface area contributed by atoms with Crippen LogP contribution in [0.4, 0.5) is 5.82 Å². The number of rotatable bonds is 5. The molecule has 1 heterocycles. The van der Waals surface area contributed by atoms with Crippen LogP contribution < -0.4 is 10.6 Å². The van der Waals surface area contributed by atoms with E-state index in [1.165, 1.54) is 16.5 Å². The molecule has 0 saturated carbocycles. The second-order valence-electron chi connectivity index (χ2n) is 6.84. The highest BCUT2D eigenvalue weighted by Gasteiger charge is 2.16. The number of hydrogen-bond acceptors (Lipinski definition) is 3.